The molecule has 0 saturated carbocycles. The summed E-state index contributed by atoms with van der Waals surface area (Å²) in [6, 6.07) is 3.47. The number of anilines is 1. The van der Waals surface area contributed by atoms with E-state index in [0.29, 0.717) is 11.3 Å². The van der Waals surface area contributed by atoms with E-state index in [1.807, 2.05) is 0 Å². The van der Waals surface area contributed by atoms with Crippen LogP contribution in [0.5, 0.6) is 0 Å². The second-order valence-electron chi connectivity index (χ2n) is 2.42. The number of nitrogen functional groups attached to an aromatic ring is 1. The van der Waals surface area contributed by atoms with E-state index in [4.69, 9.17) is 5.73 Å². The minimum atomic E-state index is 0.0267. The van der Waals surface area contributed by atoms with Crippen LogP contribution in [0.3, 0.4) is 0 Å². The summed E-state index contributed by atoms with van der Waals surface area (Å²) in [5.74, 6) is 0.0267. The lowest BCUT2D eigenvalue weighted by atomic mass is 10.1. The third-order valence-corrected chi connectivity index (χ3v) is 4.03. The molecule has 0 spiro atoms. The van der Waals surface area contributed by atoms with Crippen LogP contribution in [0, 0.1) is 3.57 Å². The van der Waals surface area contributed by atoms with E-state index in [-0.39, 0.29) is 5.78 Å². The van der Waals surface area contributed by atoms with Crippen molar-refractivity contribution in [2.24, 2.45) is 0 Å². The molecule has 0 aliphatic rings. The van der Waals surface area contributed by atoms with Crippen LogP contribution in [-0.2, 0) is 0 Å². The number of carbonyl (C=O) groups excluding carboxylic acids is 1. The number of benzene rings is 1. The van der Waals surface area contributed by atoms with Crippen molar-refractivity contribution in [3.63, 3.8) is 0 Å². The SMILES string of the molecule is CC(=O)c1cc(N)c(I)c(Br)c1. The second-order valence-corrected chi connectivity index (χ2v) is 4.35. The predicted octanol–water partition coefficient (Wildman–Crippen LogP) is 2.84. The van der Waals surface area contributed by atoms with Gasteiger partial charge in [-0.25, -0.2) is 0 Å². The summed E-state index contributed by atoms with van der Waals surface area (Å²) in [6.45, 7) is 1.52. The first-order valence-corrected chi connectivity index (χ1v) is 5.15. The zero-order valence-electron chi connectivity index (χ0n) is 6.40. The van der Waals surface area contributed by atoms with Crippen LogP contribution < -0.4 is 5.73 Å². The Morgan fingerprint density at radius 1 is 1.58 bits per heavy atom. The molecule has 0 fully saturated rings. The monoisotopic (exact) mass is 339 g/mol. The molecule has 2 nitrogen and oxygen atoms in total. The quantitative estimate of drug-likeness (QED) is 0.485. The first-order chi connectivity index (χ1) is 5.52. The molecule has 0 radical (unpaired) electrons. The number of hydrogen-bond acceptors (Lipinski definition) is 2. The summed E-state index contributed by atoms with van der Waals surface area (Å²) >= 11 is 5.45. The number of ketones is 1. The molecule has 0 aromatic heterocycles. The van der Waals surface area contributed by atoms with E-state index >= 15 is 0 Å². The normalized spacial score (nSPS) is 9.92. The predicted molar refractivity (Wildman–Crippen MR) is 61.3 cm³/mol. The van der Waals surface area contributed by atoms with Crippen molar-refractivity contribution in [3.8, 4) is 0 Å². The third-order valence-electron chi connectivity index (χ3n) is 1.46. The van der Waals surface area contributed by atoms with Gasteiger partial charge in [0, 0.05) is 15.7 Å². The van der Waals surface area contributed by atoms with E-state index in [0.717, 1.165) is 8.04 Å². The van der Waals surface area contributed by atoms with Gasteiger partial charge in [-0.3, -0.25) is 4.79 Å². The molecule has 12 heavy (non-hydrogen) atoms. The van der Waals surface area contributed by atoms with Crippen molar-refractivity contribution in [2.75, 3.05) is 5.73 Å². The molecule has 2 N–H and O–H groups in total. The summed E-state index contributed by atoms with van der Waals surface area (Å²) in [6.07, 6.45) is 0. The van der Waals surface area contributed by atoms with Crippen LogP contribution in [0.4, 0.5) is 5.69 Å². The van der Waals surface area contributed by atoms with Crippen molar-refractivity contribution in [1.29, 1.82) is 0 Å². The van der Waals surface area contributed by atoms with Gasteiger partial charge in [-0.1, -0.05) is 0 Å². The Hall–Kier alpha value is -0.100. The second kappa shape index (κ2) is 3.74. The minimum Gasteiger partial charge on any atom is -0.398 e. The maximum absolute atomic E-state index is 11.0. The largest absolute Gasteiger partial charge is 0.398 e. The number of hydrogen-bond donors (Lipinski definition) is 1. The van der Waals surface area contributed by atoms with Gasteiger partial charge in [-0.15, -0.1) is 0 Å². The average Bonchev–Trinajstić information content (AvgIpc) is 1.99. The van der Waals surface area contributed by atoms with E-state index in [2.05, 4.69) is 38.5 Å². The lowest BCUT2D eigenvalue weighted by Crippen LogP contribution is -1.97. The third kappa shape index (κ3) is 1.98. The highest BCUT2D eigenvalue weighted by molar-refractivity contribution is 14.1. The zero-order valence-corrected chi connectivity index (χ0v) is 10.1. The Bertz CT molecular complexity index is 315. The molecule has 0 saturated heterocycles. The van der Waals surface area contributed by atoms with Crippen molar-refractivity contribution >= 4 is 50.0 Å². The average molecular weight is 340 g/mol. The lowest BCUT2D eigenvalue weighted by molar-refractivity contribution is 0.101. The topological polar surface area (TPSA) is 43.1 Å². The van der Waals surface area contributed by atoms with Gasteiger partial charge in [0.1, 0.15) is 0 Å². The maximum atomic E-state index is 11.0. The molecule has 0 atom stereocenters. The Kier molecular flexibility index (Phi) is 3.11. The number of Topliss-reactive ketones (excluding diaryl/α,β-unsaturated/α-hetero) is 1. The Morgan fingerprint density at radius 3 is 2.58 bits per heavy atom. The highest BCUT2D eigenvalue weighted by atomic mass is 127. The molecule has 1 rings (SSSR count). The van der Waals surface area contributed by atoms with Crippen LogP contribution in [0.15, 0.2) is 16.6 Å². The standard InChI is InChI=1S/C8H7BrINO/c1-4(12)5-2-6(9)8(10)7(11)3-5/h2-3H,11H2,1H3. The van der Waals surface area contributed by atoms with Gasteiger partial charge >= 0.3 is 0 Å². The number of rotatable bonds is 1. The number of nitrogens with two attached hydrogens (primary N) is 1. The molecular formula is C8H7BrINO. The highest BCUT2D eigenvalue weighted by Gasteiger charge is 2.06. The Labute approximate surface area is 92.8 Å². The van der Waals surface area contributed by atoms with Gasteiger partial charge in [0.05, 0.1) is 3.57 Å². The molecule has 4 heteroatoms. The van der Waals surface area contributed by atoms with E-state index in [9.17, 15) is 4.79 Å². The van der Waals surface area contributed by atoms with Crippen LogP contribution in [0.1, 0.15) is 17.3 Å². The maximum Gasteiger partial charge on any atom is 0.159 e. The molecular weight excluding hydrogens is 333 g/mol. The molecule has 0 amide bonds. The van der Waals surface area contributed by atoms with Crippen LogP contribution in [0.2, 0.25) is 0 Å². The van der Waals surface area contributed by atoms with Gasteiger partial charge in [0.2, 0.25) is 0 Å². The number of carbonyl (C=O) groups is 1. The van der Waals surface area contributed by atoms with Crippen LogP contribution in [0.25, 0.3) is 0 Å². The van der Waals surface area contributed by atoms with E-state index < -0.39 is 0 Å². The first kappa shape index (κ1) is 9.98. The number of halogens is 2. The molecule has 1 aromatic carbocycles. The highest BCUT2D eigenvalue weighted by Crippen LogP contribution is 2.26. The van der Waals surface area contributed by atoms with Gasteiger partial charge in [-0.05, 0) is 57.6 Å². The summed E-state index contributed by atoms with van der Waals surface area (Å²) in [4.78, 5) is 11.0. The van der Waals surface area contributed by atoms with Crippen molar-refractivity contribution in [1.82, 2.24) is 0 Å². The molecule has 64 valence electrons. The summed E-state index contributed by atoms with van der Waals surface area (Å²) in [7, 11) is 0. The van der Waals surface area contributed by atoms with Crippen molar-refractivity contribution < 1.29 is 4.79 Å². The molecule has 1 aromatic rings. The van der Waals surface area contributed by atoms with Crippen LogP contribution in [-0.4, -0.2) is 5.78 Å². The Morgan fingerprint density at radius 2 is 2.17 bits per heavy atom. The fourth-order valence-corrected chi connectivity index (χ4v) is 1.60. The van der Waals surface area contributed by atoms with Crippen molar-refractivity contribution in [3.05, 3.63) is 25.7 Å². The molecule has 0 bridgehead atoms. The minimum absolute atomic E-state index is 0.0267. The molecule has 0 unspecified atom stereocenters. The zero-order chi connectivity index (χ0) is 9.30. The summed E-state index contributed by atoms with van der Waals surface area (Å²) < 4.78 is 1.81. The van der Waals surface area contributed by atoms with Crippen LogP contribution >= 0.6 is 38.5 Å². The van der Waals surface area contributed by atoms with E-state index in [1.54, 1.807) is 12.1 Å². The molecule has 0 heterocycles. The Balaban J connectivity index is 3.31. The molecule has 0 aliphatic carbocycles. The van der Waals surface area contributed by atoms with Gasteiger partial charge in [0.25, 0.3) is 0 Å². The first-order valence-electron chi connectivity index (χ1n) is 3.28. The fourth-order valence-electron chi connectivity index (χ4n) is 0.814. The van der Waals surface area contributed by atoms with Gasteiger partial charge in [0.15, 0.2) is 5.78 Å². The van der Waals surface area contributed by atoms with Gasteiger partial charge < -0.3 is 5.73 Å². The smallest absolute Gasteiger partial charge is 0.159 e. The van der Waals surface area contributed by atoms with Gasteiger partial charge in [-0.2, -0.15) is 0 Å². The summed E-state index contributed by atoms with van der Waals surface area (Å²) in [5.41, 5.74) is 6.94. The van der Waals surface area contributed by atoms with E-state index in [1.165, 1.54) is 6.92 Å². The lowest BCUT2D eigenvalue weighted by Gasteiger charge is -2.03. The van der Waals surface area contributed by atoms with Crippen molar-refractivity contribution in [2.45, 2.75) is 6.92 Å². The molecule has 0 aliphatic heterocycles. The summed E-state index contributed by atoms with van der Waals surface area (Å²) in [5, 5.41) is 0. The fraction of sp³-hybridized carbons (Fsp3) is 0.125.